The number of hydrogen-bond acceptors (Lipinski definition) is 3. The Balaban J connectivity index is 0.00000240. The molecular formula is C22H16F2N4Pt. The molecule has 3 aromatic heterocycles. The van der Waals surface area contributed by atoms with Crippen molar-refractivity contribution in [2.75, 3.05) is 0 Å². The summed E-state index contributed by atoms with van der Waals surface area (Å²) in [7, 11) is 0. The van der Waals surface area contributed by atoms with E-state index in [1.165, 1.54) is 4.68 Å². The minimum absolute atomic E-state index is 0. The van der Waals surface area contributed by atoms with Crippen LogP contribution in [0.1, 0.15) is 25.2 Å². The van der Waals surface area contributed by atoms with Gasteiger partial charge in [-0.15, -0.1) is 48.0 Å². The van der Waals surface area contributed by atoms with E-state index in [0.717, 1.165) is 23.0 Å². The average molecular weight is 569 g/mol. The van der Waals surface area contributed by atoms with Crippen LogP contribution >= 0.6 is 0 Å². The number of aromatic nitrogens is 4. The van der Waals surface area contributed by atoms with Gasteiger partial charge in [-0.05, 0) is 31.7 Å². The fourth-order valence-electron chi connectivity index (χ4n) is 2.93. The maximum atomic E-state index is 13.9. The monoisotopic (exact) mass is 569 g/mol. The van der Waals surface area contributed by atoms with E-state index in [4.69, 9.17) is 4.98 Å². The van der Waals surface area contributed by atoms with Crippen LogP contribution in [0.3, 0.4) is 0 Å². The molecule has 0 amide bonds. The largest absolute Gasteiger partial charge is 2.00 e. The van der Waals surface area contributed by atoms with Gasteiger partial charge in [0.05, 0.1) is 17.1 Å². The van der Waals surface area contributed by atoms with Crippen molar-refractivity contribution < 1.29 is 29.8 Å². The van der Waals surface area contributed by atoms with Gasteiger partial charge in [-0.1, -0.05) is 12.1 Å². The van der Waals surface area contributed by atoms with Crippen molar-refractivity contribution in [1.82, 2.24) is 19.7 Å². The zero-order valence-corrected chi connectivity index (χ0v) is 17.9. The third-order valence-electron chi connectivity index (χ3n) is 4.56. The van der Waals surface area contributed by atoms with Crippen LogP contribution in [-0.4, -0.2) is 19.7 Å². The molecule has 148 valence electrons. The summed E-state index contributed by atoms with van der Waals surface area (Å²) in [6.45, 7) is 3.98. The normalized spacial score (nSPS) is 11.2. The van der Waals surface area contributed by atoms with Gasteiger partial charge in [0.15, 0.2) is 0 Å². The second kappa shape index (κ2) is 8.34. The molecule has 4 rings (SSSR count). The van der Waals surface area contributed by atoms with Gasteiger partial charge in [-0.2, -0.15) is 5.10 Å². The van der Waals surface area contributed by atoms with E-state index < -0.39 is 17.3 Å². The number of benzene rings is 1. The van der Waals surface area contributed by atoms with Crippen molar-refractivity contribution in [3.8, 4) is 16.9 Å². The maximum absolute atomic E-state index is 13.9. The van der Waals surface area contributed by atoms with E-state index in [-0.39, 0.29) is 26.8 Å². The van der Waals surface area contributed by atoms with E-state index in [9.17, 15) is 8.78 Å². The Hall–Kier alpha value is -2.72. The topological polar surface area (TPSA) is 43.6 Å². The molecule has 0 N–H and O–H groups in total. The number of pyridine rings is 2. The van der Waals surface area contributed by atoms with Gasteiger partial charge in [0, 0.05) is 17.6 Å². The minimum Gasteiger partial charge on any atom is -0.322 e. The summed E-state index contributed by atoms with van der Waals surface area (Å²) in [5, 5.41) is 4.46. The Morgan fingerprint density at radius 2 is 1.76 bits per heavy atom. The van der Waals surface area contributed by atoms with Crippen molar-refractivity contribution >= 4 is 0 Å². The van der Waals surface area contributed by atoms with Gasteiger partial charge in [-0.25, -0.2) is 0 Å². The van der Waals surface area contributed by atoms with Crippen LogP contribution in [0.15, 0.2) is 60.8 Å². The van der Waals surface area contributed by atoms with Crippen molar-refractivity contribution in [3.05, 3.63) is 96.2 Å². The van der Waals surface area contributed by atoms with E-state index in [1.54, 1.807) is 12.3 Å². The van der Waals surface area contributed by atoms with E-state index in [0.29, 0.717) is 5.69 Å². The third kappa shape index (κ3) is 4.18. The average Bonchev–Trinajstić information content (AvgIpc) is 3.19. The van der Waals surface area contributed by atoms with Crippen LogP contribution in [0.4, 0.5) is 8.78 Å². The van der Waals surface area contributed by atoms with Crippen LogP contribution in [0.5, 0.6) is 0 Å². The number of rotatable bonds is 4. The SMILES string of the molecule is CC(C)(c1cccc(-c2[c-]cccc2)n1)c1ccn(-c2[c-]cc(F)nc2F)n1.[Pt+2]. The smallest absolute Gasteiger partial charge is 0.322 e. The first-order valence-corrected chi connectivity index (χ1v) is 8.70. The summed E-state index contributed by atoms with van der Waals surface area (Å²) < 4.78 is 28.3. The maximum Gasteiger partial charge on any atom is 2.00 e. The molecule has 0 aliphatic heterocycles. The quantitative estimate of drug-likeness (QED) is 0.268. The Morgan fingerprint density at radius 1 is 0.931 bits per heavy atom. The van der Waals surface area contributed by atoms with E-state index >= 15 is 0 Å². The van der Waals surface area contributed by atoms with Crippen molar-refractivity contribution in [2.45, 2.75) is 19.3 Å². The Labute approximate surface area is 181 Å². The standard InChI is InChI=1S/C22H16F2N4.Pt/c1-22(2,18-10-6-9-16(25-18)15-7-4-3-5-8-15)19-13-14-28(27-19)17-11-12-20(23)26-21(17)24;/h3-7,9-10,12-14H,1-2H3;/q-2;+2. The summed E-state index contributed by atoms with van der Waals surface area (Å²) in [6, 6.07) is 21.9. The molecule has 3 heterocycles. The van der Waals surface area contributed by atoms with Gasteiger partial charge in [0.1, 0.15) is 5.95 Å². The predicted octanol–water partition coefficient (Wildman–Crippen LogP) is 4.53. The molecule has 0 spiro atoms. The summed E-state index contributed by atoms with van der Waals surface area (Å²) in [6.07, 6.45) is 1.60. The van der Waals surface area contributed by atoms with Gasteiger partial charge in [0.25, 0.3) is 0 Å². The molecular weight excluding hydrogens is 553 g/mol. The first-order chi connectivity index (χ1) is 13.4. The van der Waals surface area contributed by atoms with Gasteiger partial charge >= 0.3 is 21.1 Å². The molecule has 0 saturated heterocycles. The Bertz CT molecular complexity index is 1130. The molecule has 0 radical (unpaired) electrons. The van der Waals surface area contributed by atoms with Crippen LogP contribution in [0.25, 0.3) is 16.9 Å². The van der Waals surface area contributed by atoms with Crippen LogP contribution in [0.2, 0.25) is 0 Å². The number of hydrogen-bond donors (Lipinski definition) is 0. The predicted molar refractivity (Wildman–Crippen MR) is 101 cm³/mol. The van der Waals surface area contributed by atoms with Gasteiger partial charge < -0.3 is 9.97 Å². The van der Waals surface area contributed by atoms with Crippen molar-refractivity contribution in [2.24, 2.45) is 0 Å². The first-order valence-electron chi connectivity index (χ1n) is 8.70. The fraction of sp³-hybridized carbons (Fsp3) is 0.136. The van der Waals surface area contributed by atoms with Crippen LogP contribution in [-0.2, 0) is 26.5 Å². The molecule has 0 atom stereocenters. The van der Waals surface area contributed by atoms with Crippen LogP contribution in [0, 0.1) is 24.0 Å². The van der Waals surface area contributed by atoms with Gasteiger partial charge in [-0.3, -0.25) is 13.5 Å². The van der Waals surface area contributed by atoms with Crippen LogP contribution < -0.4 is 0 Å². The van der Waals surface area contributed by atoms with Gasteiger partial charge in [0.2, 0.25) is 0 Å². The molecule has 0 bridgehead atoms. The molecule has 0 fully saturated rings. The van der Waals surface area contributed by atoms with E-state index in [1.807, 2.05) is 56.3 Å². The molecule has 1 aromatic carbocycles. The number of nitrogens with zero attached hydrogens (tertiary/aromatic N) is 4. The molecule has 0 saturated carbocycles. The molecule has 0 aliphatic rings. The second-order valence-corrected chi connectivity index (χ2v) is 6.82. The Morgan fingerprint density at radius 3 is 2.48 bits per heavy atom. The summed E-state index contributed by atoms with van der Waals surface area (Å²) >= 11 is 0. The molecule has 4 nitrogen and oxygen atoms in total. The molecule has 0 unspecified atom stereocenters. The zero-order chi connectivity index (χ0) is 19.7. The minimum atomic E-state index is -0.966. The summed E-state index contributed by atoms with van der Waals surface area (Å²) in [5.41, 5.74) is 2.64. The summed E-state index contributed by atoms with van der Waals surface area (Å²) in [5.74, 6) is -1.89. The molecule has 29 heavy (non-hydrogen) atoms. The van der Waals surface area contributed by atoms with E-state index in [2.05, 4.69) is 22.2 Å². The Kier molecular flexibility index (Phi) is 6.04. The van der Waals surface area contributed by atoms with Crippen molar-refractivity contribution in [3.63, 3.8) is 0 Å². The molecule has 7 heteroatoms. The fourth-order valence-corrected chi connectivity index (χ4v) is 2.93. The second-order valence-electron chi connectivity index (χ2n) is 6.82. The molecule has 0 aliphatic carbocycles. The third-order valence-corrected chi connectivity index (χ3v) is 4.56. The zero-order valence-electron chi connectivity index (χ0n) is 15.6. The summed E-state index contributed by atoms with van der Waals surface area (Å²) in [4.78, 5) is 7.96. The first kappa shape index (κ1) is 21.0. The number of halogens is 2. The van der Waals surface area contributed by atoms with Crippen molar-refractivity contribution in [1.29, 1.82) is 0 Å². The molecule has 4 aromatic rings.